The number of aromatic hydroxyl groups is 1. The van der Waals surface area contributed by atoms with E-state index in [0.29, 0.717) is 11.0 Å². The number of hydrogen-bond acceptors (Lipinski definition) is 3. The van der Waals surface area contributed by atoms with E-state index >= 15 is 0 Å². The number of rotatable bonds is 1. The van der Waals surface area contributed by atoms with Gasteiger partial charge in [0.1, 0.15) is 5.75 Å². The summed E-state index contributed by atoms with van der Waals surface area (Å²) in [7, 11) is 0. The molecule has 1 aromatic carbocycles. The third kappa shape index (κ3) is 1.72. The number of benzene rings is 1. The van der Waals surface area contributed by atoms with Gasteiger partial charge in [-0.05, 0) is 35.9 Å². The van der Waals surface area contributed by atoms with E-state index in [-0.39, 0.29) is 11.5 Å². The fourth-order valence-corrected chi connectivity index (χ4v) is 3.54. The van der Waals surface area contributed by atoms with Gasteiger partial charge in [0.15, 0.2) is 0 Å². The molecule has 1 aliphatic carbocycles. The van der Waals surface area contributed by atoms with Crippen LogP contribution in [-0.4, -0.2) is 22.7 Å². The summed E-state index contributed by atoms with van der Waals surface area (Å²) in [6.07, 6.45) is 3.12. The quantitative estimate of drug-likeness (QED) is 0.787. The molecule has 0 aliphatic heterocycles. The molecule has 16 heavy (non-hydrogen) atoms. The van der Waals surface area contributed by atoms with Crippen LogP contribution in [0.3, 0.4) is 0 Å². The number of hydrogen-bond donors (Lipinski definition) is 2. The van der Waals surface area contributed by atoms with Crippen LogP contribution in [0.1, 0.15) is 25.0 Å². The maximum atomic E-state index is 9.58. The van der Waals surface area contributed by atoms with Gasteiger partial charge in [-0.2, -0.15) is 11.8 Å². The minimum Gasteiger partial charge on any atom is -0.508 e. The minimum atomic E-state index is -0.0694. The van der Waals surface area contributed by atoms with Crippen molar-refractivity contribution < 1.29 is 5.11 Å². The first-order valence-electron chi connectivity index (χ1n) is 5.57. The molecule has 3 N–H and O–H groups in total. The van der Waals surface area contributed by atoms with Gasteiger partial charge in [0.05, 0.1) is 0 Å². The van der Waals surface area contributed by atoms with Gasteiger partial charge in [-0.25, -0.2) is 0 Å². The number of thioether (sulfide) groups is 1. The zero-order valence-electron chi connectivity index (χ0n) is 10.0. The molecule has 2 rings (SSSR count). The second-order valence-corrected chi connectivity index (χ2v) is 6.14. The molecule has 0 fully saturated rings. The highest BCUT2D eigenvalue weighted by Crippen LogP contribution is 2.40. The van der Waals surface area contributed by atoms with Crippen molar-refractivity contribution in [2.45, 2.75) is 37.0 Å². The molecular weight excluding hydrogens is 218 g/mol. The summed E-state index contributed by atoms with van der Waals surface area (Å²) < 4.78 is 0. The van der Waals surface area contributed by atoms with E-state index in [9.17, 15) is 5.11 Å². The van der Waals surface area contributed by atoms with E-state index in [2.05, 4.69) is 20.1 Å². The van der Waals surface area contributed by atoms with Crippen LogP contribution in [0, 0.1) is 0 Å². The van der Waals surface area contributed by atoms with Gasteiger partial charge in [-0.1, -0.05) is 19.9 Å². The first kappa shape index (κ1) is 11.8. The summed E-state index contributed by atoms with van der Waals surface area (Å²) in [5, 5.41) is 10.0. The standard InChI is InChI=1S/C13H19NOS/c1-13(2)10-7-9(15)5-4-8(10)6-11(16-3)12(13)14/h4-5,7,11-12,15H,6,14H2,1-3H3/t11-,12+/m0/s1. The van der Waals surface area contributed by atoms with Gasteiger partial charge in [0, 0.05) is 16.7 Å². The monoisotopic (exact) mass is 237 g/mol. The lowest BCUT2D eigenvalue weighted by molar-refractivity contribution is 0.369. The predicted molar refractivity (Wildman–Crippen MR) is 70.1 cm³/mol. The Morgan fingerprint density at radius 1 is 1.44 bits per heavy atom. The summed E-state index contributed by atoms with van der Waals surface area (Å²) in [5.74, 6) is 0.335. The molecular formula is C13H19NOS. The van der Waals surface area contributed by atoms with Crippen molar-refractivity contribution >= 4 is 11.8 Å². The van der Waals surface area contributed by atoms with Crippen molar-refractivity contribution in [3.63, 3.8) is 0 Å². The maximum absolute atomic E-state index is 9.58. The lowest BCUT2D eigenvalue weighted by Gasteiger charge is -2.42. The zero-order chi connectivity index (χ0) is 11.9. The Balaban J connectivity index is 2.52. The molecule has 0 amide bonds. The average molecular weight is 237 g/mol. The summed E-state index contributed by atoms with van der Waals surface area (Å²) in [5.41, 5.74) is 8.78. The predicted octanol–water partition coefficient (Wildman–Crippen LogP) is 2.28. The third-order valence-electron chi connectivity index (χ3n) is 3.75. The molecule has 0 aromatic heterocycles. The fourth-order valence-electron chi connectivity index (χ4n) is 2.56. The first-order valence-corrected chi connectivity index (χ1v) is 6.86. The van der Waals surface area contributed by atoms with Crippen LogP contribution >= 0.6 is 11.8 Å². The molecule has 0 heterocycles. The average Bonchev–Trinajstić information content (AvgIpc) is 2.25. The SMILES string of the molecule is CS[C@H]1Cc2ccc(O)cc2C(C)(C)[C@@H]1N. The van der Waals surface area contributed by atoms with E-state index in [0.717, 1.165) is 6.42 Å². The molecule has 1 aliphatic rings. The van der Waals surface area contributed by atoms with Crippen LogP contribution in [0.25, 0.3) is 0 Å². The number of phenols is 1. The molecule has 0 saturated heterocycles. The molecule has 0 unspecified atom stereocenters. The van der Waals surface area contributed by atoms with Gasteiger partial charge in [0.25, 0.3) is 0 Å². The smallest absolute Gasteiger partial charge is 0.115 e. The Morgan fingerprint density at radius 2 is 2.12 bits per heavy atom. The highest BCUT2D eigenvalue weighted by molar-refractivity contribution is 7.99. The lowest BCUT2D eigenvalue weighted by Crippen LogP contribution is -2.52. The van der Waals surface area contributed by atoms with Crippen molar-refractivity contribution in [2.24, 2.45) is 5.73 Å². The van der Waals surface area contributed by atoms with E-state index in [1.54, 1.807) is 6.07 Å². The highest BCUT2D eigenvalue weighted by atomic mass is 32.2. The molecule has 0 radical (unpaired) electrons. The Hall–Kier alpha value is -0.670. The molecule has 88 valence electrons. The first-order chi connectivity index (χ1) is 7.46. The molecule has 0 bridgehead atoms. The molecule has 3 heteroatoms. The Bertz CT molecular complexity index is 403. The highest BCUT2D eigenvalue weighted by Gasteiger charge is 2.39. The summed E-state index contributed by atoms with van der Waals surface area (Å²) in [4.78, 5) is 0. The summed E-state index contributed by atoms with van der Waals surface area (Å²) in [6.45, 7) is 4.33. The van der Waals surface area contributed by atoms with Crippen LogP contribution in [-0.2, 0) is 11.8 Å². The molecule has 2 nitrogen and oxygen atoms in total. The molecule has 0 spiro atoms. The van der Waals surface area contributed by atoms with Gasteiger partial charge < -0.3 is 10.8 Å². The van der Waals surface area contributed by atoms with Gasteiger partial charge >= 0.3 is 0 Å². The molecule has 1 aromatic rings. The lowest BCUT2D eigenvalue weighted by atomic mass is 9.69. The van der Waals surface area contributed by atoms with Crippen LogP contribution in [0.4, 0.5) is 0 Å². The van der Waals surface area contributed by atoms with Crippen molar-refractivity contribution in [1.29, 1.82) is 0 Å². The molecule has 0 saturated carbocycles. The van der Waals surface area contributed by atoms with E-state index < -0.39 is 0 Å². The van der Waals surface area contributed by atoms with Gasteiger partial charge in [0.2, 0.25) is 0 Å². The van der Waals surface area contributed by atoms with Crippen molar-refractivity contribution in [2.75, 3.05) is 6.26 Å². The normalized spacial score (nSPS) is 27.5. The van der Waals surface area contributed by atoms with Crippen LogP contribution in [0.15, 0.2) is 18.2 Å². The summed E-state index contributed by atoms with van der Waals surface area (Å²) >= 11 is 1.84. The van der Waals surface area contributed by atoms with Gasteiger partial charge in [-0.3, -0.25) is 0 Å². The van der Waals surface area contributed by atoms with E-state index in [1.165, 1.54) is 11.1 Å². The Kier molecular flexibility index (Phi) is 2.93. The van der Waals surface area contributed by atoms with Crippen LogP contribution < -0.4 is 5.73 Å². The Labute approximate surface area is 101 Å². The maximum Gasteiger partial charge on any atom is 0.115 e. The summed E-state index contributed by atoms with van der Waals surface area (Å²) in [6, 6.07) is 5.80. The van der Waals surface area contributed by atoms with Gasteiger partial charge in [-0.15, -0.1) is 0 Å². The number of phenolic OH excluding ortho intramolecular Hbond substituents is 1. The zero-order valence-corrected chi connectivity index (χ0v) is 10.8. The number of nitrogens with two attached hydrogens (primary N) is 1. The second kappa shape index (κ2) is 3.97. The largest absolute Gasteiger partial charge is 0.508 e. The van der Waals surface area contributed by atoms with Crippen molar-refractivity contribution in [3.05, 3.63) is 29.3 Å². The van der Waals surface area contributed by atoms with E-state index in [4.69, 9.17) is 5.73 Å². The Morgan fingerprint density at radius 3 is 2.75 bits per heavy atom. The molecule has 2 atom stereocenters. The minimum absolute atomic E-state index is 0.0694. The van der Waals surface area contributed by atoms with Crippen LogP contribution in [0.5, 0.6) is 5.75 Å². The number of fused-ring (bicyclic) bond motifs is 1. The second-order valence-electron chi connectivity index (χ2n) is 5.07. The van der Waals surface area contributed by atoms with Crippen LogP contribution in [0.2, 0.25) is 0 Å². The van der Waals surface area contributed by atoms with Crippen molar-refractivity contribution in [1.82, 2.24) is 0 Å². The fraction of sp³-hybridized carbons (Fsp3) is 0.538. The van der Waals surface area contributed by atoms with Crippen molar-refractivity contribution in [3.8, 4) is 5.75 Å². The topological polar surface area (TPSA) is 46.2 Å². The third-order valence-corrected chi connectivity index (χ3v) is 4.81. The van der Waals surface area contributed by atoms with E-state index in [1.807, 2.05) is 23.9 Å².